The Bertz CT molecular complexity index is 653. The van der Waals surface area contributed by atoms with Crippen LogP contribution >= 0.6 is 11.8 Å². The summed E-state index contributed by atoms with van der Waals surface area (Å²) in [4.78, 5) is 20.5. The number of thioether (sulfide) groups is 1. The Balaban J connectivity index is 2.24. The molecule has 0 aliphatic rings. The lowest BCUT2D eigenvalue weighted by atomic mass is 10.2. The van der Waals surface area contributed by atoms with Gasteiger partial charge in [0.15, 0.2) is 11.0 Å². The normalized spacial score (nSPS) is 10.4. The topological polar surface area (TPSA) is 114 Å². The second kappa shape index (κ2) is 5.70. The number of carboxylic acid groups (broad SMARTS) is 1. The van der Waals surface area contributed by atoms with Gasteiger partial charge in [-0.1, -0.05) is 11.8 Å². The van der Waals surface area contributed by atoms with Gasteiger partial charge in [-0.3, -0.25) is 10.1 Å². The minimum absolute atomic E-state index is 0.0116. The van der Waals surface area contributed by atoms with Gasteiger partial charge < -0.3 is 14.5 Å². The molecular formula is C11H9N4O4S-. The lowest BCUT2D eigenvalue weighted by Crippen LogP contribution is -2.24. The molecule has 0 amide bonds. The molecule has 0 unspecified atom stereocenters. The van der Waals surface area contributed by atoms with Crippen LogP contribution in [-0.4, -0.2) is 31.4 Å². The predicted octanol–water partition coefficient (Wildman–Crippen LogP) is 0.232. The van der Waals surface area contributed by atoms with Gasteiger partial charge in [-0.05, 0) is 12.1 Å². The molecule has 2 aromatic rings. The standard InChI is InChI=1S/C11H10N4O4S/c1-14-10(12-13-11(14)20-6-9(16)17)7-2-4-8(5-3-7)15(18)19/h2-5H,6H2,1H3,(H,16,17)/p-1. The zero-order valence-electron chi connectivity index (χ0n) is 10.3. The molecule has 0 aliphatic carbocycles. The Hall–Kier alpha value is -2.42. The maximum absolute atomic E-state index is 10.6. The van der Waals surface area contributed by atoms with Gasteiger partial charge in [0, 0.05) is 30.5 Å². The third-order valence-electron chi connectivity index (χ3n) is 2.49. The maximum atomic E-state index is 10.6. The van der Waals surface area contributed by atoms with E-state index in [4.69, 9.17) is 0 Å². The first kappa shape index (κ1) is 14.0. The zero-order valence-corrected chi connectivity index (χ0v) is 11.2. The largest absolute Gasteiger partial charge is 0.549 e. The lowest BCUT2D eigenvalue weighted by molar-refractivity contribution is -0.384. The van der Waals surface area contributed by atoms with Crippen LogP contribution in [-0.2, 0) is 11.8 Å². The van der Waals surface area contributed by atoms with Crippen molar-refractivity contribution >= 4 is 23.4 Å². The Morgan fingerprint density at radius 3 is 2.55 bits per heavy atom. The van der Waals surface area contributed by atoms with Gasteiger partial charge in [0.2, 0.25) is 0 Å². The fourth-order valence-electron chi connectivity index (χ4n) is 1.55. The fourth-order valence-corrected chi connectivity index (χ4v) is 2.17. The number of nitro benzene ring substituents is 1. The molecule has 0 saturated carbocycles. The number of carbonyl (C=O) groups is 1. The van der Waals surface area contributed by atoms with E-state index in [1.165, 1.54) is 12.1 Å². The summed E-state index contributed by atoms with van der Waals surface area (Å²) in [6.07, 6.45) is 0. The highest BCUT2D eigenvalue weighted by atomic mass is 32.2. The third kappa shape index (κ3) is 2.94. The van der Waals surface area contributed by atoms with Crippen molar-refractivity contribution in [2.45, 2.75) is 5.16 Å². The quantitative estimate of drug-likeness (QED) is 0.440. The van der Waals surface area contributed by atoms with Crippen molar-refractivity contribution in [3.05, 3.63) is 34.4 Å². The number of nitro groups is 1. The van der Waals surface area contributed by atoms with Crippen LogP contribution in [0.1, 0.15) is 0 Å². The number of non-ortho nitro benzene ring substituents is 1. The zero-order chi connectivity index (χ0) is 14.7. The summed E-state index contributed by atoms with van der Waals surface area (Å²) in [7, 11) is 1.69. The van der Waals surface area contributed by atoms with Crippen molar-refractivity contribution in [3.8, 4) is 11.4 Å². The van der Waals surface area contributed by atoms with Crippen LogP contribution in [0.2, 0.25) is 0 Å². The van der Waals surface area contributed by atoms with E-state index < -0.39 is 10.9 Å². The average molecular weight is 293 g/mol. The number of carboxylic acids is 1. The first-order chi connectivity index (χ1) is 9.49. The number of aromatic nitrogens is 3. The smallest absolute Gasteiger partial charge is 0.269 e. The fraction of sp³-hybridized carbons (Fsp3) is 0.182. The molecule has 0 aliphatic heterocycles. The minimum atomic E-state index is -1.19. The summed E-state index contributed by atoms with van der Waals surface area (Å²) in [6, 6.07) is 5.88. The summed E-state index contributed by atoms with van der Waals surface area (Å²) in [6.45, 7) is 0. The highest BCUT2D eigenvalue weighted by Gasteiger charge is 2.12. The molecule has 1 aromatic heterocycles. The van der Waals surface area contributed by atoms with Gasteiger partial charge >= 0.3 is 0 Å². The van der Waals surface area contributed by atoms with Crippen molar-refractivity contribution in [1.82, 2.24) is 14.8 Å². The van der Waals surface area contributed by atoms with E-state index in [2.05, 4.69) is 10.2 Å². The third-order valence-corrected chi connectivity index (χ3v) is 3.48. The SMILES string of the molecule is Cn1c(SCC(=O)[O-])nnc1-c1ccc([N+](=O)[O-])cc1. The number of hydrogen-bond acceptors (Lipinski definition) is 7. The van der Waals surface area contributed by atoms with Crippen LogP contribution in [0.4, 0.5) is 5.69 Å². The lowest BCUT2D eigenvalue weighted by Gasteiger charge is -2.04. The van der Waals surface area contributed by atoms with Crippen molar-refractivity contribution < 1.29 is 14.8 Å². The first-order valence-corrected chi connectivity index (χ1v) is 6.44. The number of rotatable bonds is 5. The van der Waals surface area contributed by atoms with Gasteiger partial charge in [-0.15, -0.1) is 10.2 Å². The molecule has 1 heterocycles. The number of nitrogens with zero attached hydrogens (tertiary/aromatic N) is 4. The van der Waals surface area contributed by atoms with Crippen molar-refractivity contribution in [1.29, 1.82) is 0 Å². The van der Waals surface area contributed by atoms with Gasteiger partial charge in [-0.2, -0.15) is 0 Å². The van der Waals surface area contributed by atoms with Crippen molar-refractivity contribution in [2.75, 3.05) is 5.75 Å². The first-order valence-electron chi connectivity index (χ1n) is 5.46. The monoisotopic (exact) mass is 293 g/mol. The molecule has 2 rings (SSSR count). The Morgan fingerprint density at radius 2 is 2.00 bits per heavy atom. The van der Waals surface area contributed by atoms with Crippen molar-refractivity contribution in [3.63, 3.8) is 0 Å². The van der Waals surface area contributed by atoms with E-state index in [9.17, 15) is 20.0 Å². The molecule has 0 bridgehead atoms. The number of hydrogen-bond donors (Lipinski definition) is 0. The van der Waals surface area contributed by atoms with E-state index in [1.54, 1.807) is 23.7 Å². The minimum Gasteiger partial charge on any atom is -0.549 e. The summed E-state index contributed by atoms with van der Waals surface area (Å²) < 4.78 is 1.62. The van der Waals surface area contributed by atoms with Crippen LogP contribution in [0.3, 0.4) is 0 Å². The second-order valence-corrected chi connectivity index (χ2v) is 4.77. The Labute approximate surface area is 117 Å². The summed E-state index contributed by atoms with van der Waals surface area (Å²) in [5, 5.41) is 29.2. The molecule has 20 heavy (non-hydrogen) atoms. The maximum Gasteiger partial charge on any atom is 0.269 e. The Kier molecular flexibility index (Phi) is 3.99. The molecule has 0 atom stereocenters. The van der Waals surface area contributed by atoms with Gasteiger partial charge in [0.05, 0.1) is 10.9 Å². The average Bonchev–Trinajstić information content (AvgIpc) is 2.78. The van der Waals surface area contributed by atoms with Gasteiger partial charge in [-0.25, -0.2) is 0 Å². The highest BCUT2D eigenvalue weighted by molar-refractivity contribution is 7.99. The highest BCUT2D eigenvalue weighted by Crippen LogP contribution is 2.24. The number of aliphatic carboxylic acids is 1. The predicted molar refractivity (Wildman–Crippen MR) is 68.8 cm³/mol. The molecular weight excluding hydrogens is 284 g/mol. The second-order valence-electron chi connectivity index (χ2n) is 3.83. The molecule has 8 nitrogen and oxygen atoms in total. The summed E-state index contributed by atoms with van der Waals surface area (Å²) in [5.41, 5.74) is 0.647. The Morgan fingerprint density at radius 1 is 1.35 bits per heavy atom. The van der Waals surface area contributed by atoms with Crippen LogP contribution < -0.4 is 5.11 Å². The van der Waals surface area contributed by atoms with Crippen molar-refractivity contribution in [2.24, 2.45) is 7.05 Å². The van der Waals surface area contributed by atoms with Gasteiger partial charge in [0.1, 0.15) is 0 Å². The number of carbonyl (C=O) groups excluding carboxylic acids is 1. The van der Waals surface area contributed by atoms with Crippen LogP contribution in [0.5, 0.6) is 0 Å². The van der Waals surface area contributed by atoms with E-state index in [0.29, 0.717) is 16.5 Å². The van der Waals surface area contributed by atoms with Crippen LogP contribution in [0.25, 0.3) is 11.4 Å². The molecule has 0 fully saturated rings. The summed E-state index contributed by atoms with van der Waals surface area (Å²) in [5.74, 6) is -0.901. The molecule has 104 valence electrons. The summed E-state index contributed by atoms with van der Waals surface area (Å²) >= 11 is 0.998. The molecule has 9 heteroatoms. The molecule has 0 radical (unpaired) electrons. The molecule has 0 saturated heterocycles. The molecule has 0 spiro atoms. The van der Waals surface area contributed by atoms with Crippen LogP contribution in [0.15, 0.2) is 29.4 Å². The molecule has 0 N–H and O–H groups in total. The number of benzene rings is 1. The van der Waals surface area contributed by atoms with E-state index in [0.717, 1.165) is 11.8 Å². The van der Waals surface area contributed by atoms with Crippen LogP contribution in [0, 0.1) is 10.1 Å². The van der Waals surface area contributed by atoms with E-state index >= 15 is 0 Å². The van der Waals surface area contributed by atoms with E-state index in [1.807, 2.05) is 0 Å². The van der Waals surface area contributed by atoms with E-state index in [-0.39, 0.29) is 11.4 Å². The molecule has 1 aromatic carbocycles. The van der Waals surface area contributed by atoms with Gasteiger partial charge in [0.25, 0.3) is 5.69 Å².